The lowest BCUT2D eigenvalue weighted by molar-refractivity contribution is 0.238. The van der Waals surface area contributed by atoms with Crippen molar-refractivity contribution in [3.63, 3.8) is 0 Å². The molecule has 0 amide bonds. The van der Waals surface area contributed by atoms with Crippen LogP contribution in [0.15, 0.2) is 24.3 Å². The fourth-order valence-corrected chi connectivity index (χ4v) is 3.43. The maximum atomic E-state index is 5.29. The van der Waals surface area contributed by atoms with Gasteiger partial charge in [0.25, 0.3) is 0 Å². The maximum Gasteiger partial charge on any atom is 0.118 e. The molecule has 1 aliphatic rings. The second-order valence-electron chi connectivity index (χ2n) is 6.65. The van der Waals surface area contributed by atoms with Gasteiger partial charge in [-0.3, -0.25) is 4.90 Å². The van der Waals surface area contributed by atoms with Crippen LogP contribution in [0.5, 0.6) is 5.75 Å². The monoisotopic (exact) mass is 318 g/mol. The van der Waals surface area contributed by atoms with E-state index >= 15 is 0 Å². The fourth-order valence-electron chi connectivity index (χ4n) is 3.43. The first-order valence-corrected chi connectivity index (χ1v) is 9.44. The Kier molecular flexibility index (Phi) is 8.48. The number of hydrogen-bond acceptors (Lipinski definition) is 3. The molecular weight excluding hydrogens is 284 g/mol. The number of rotatable bonds is 11. The molecule has 130 valence electrons. The Labute approximate surface area is 142 Å². The summed E-state index contributed by atoms with van der Waals surface area (Å²) in [4.78, 5) is 2.63. The zero-order chi connectivity index (χ0) is 16.3. The number of methoxy groups -OCH3 is 1. The molecule has 1 unspecified atom stereocenters. The number of nitrogens with one attached hydrogen (secondary N) is 1. The van der Waals surface area contributed by atoms with Gasteiger partial charge >= 0.3 is 0 Å². The number of nitrogens with zero attached hydrogens (tertiary/aromatic N) is 1. The van der Waals surface area contributed by atoms with E-state index in [9.17, 15) is 0 Å². The van der Waals surface area contributed by atoms with Crippen molar-refractivity contribution < 1.29 is 4.74 Å². The average Bonchev–Trinajstić information content (AvgIpc) is 3.12. The van der Waals surface area contributed by atoms with Crippen LogP contribution >= 0.6 is 0 Å². The summed E-state index contributed by atoms with van der Waals surface area (Å²) in [6.45, 7) is 6.93. The highest BCUT2D eigenvalue weighted by Gasteiger charge is 2.23. The largest absolute Gasteiger partial charge is 0.497 e. The van der Waals surface area contributed by atoms with E-state index < -0.39 is 0 Å². The molecule has 23 heavy (non-hydrogen) atoms. The van der Waals surface area contributed by atoms with E-state index in [4.69, 9.17) is 4.74 Å². The lowest BCUT2D eigenvalue weighted by Crippen LogP contribution is -2.34. The molecule has 1 N–H and O–H groups in total. The Balaban J connectivity index is 1.82. The lowest BCUT2D eigenvalue weighted by Gasteiger charge is -2.28. The molecular formula is C20H34N2O. The van der Waals surface area contributed by atoms with Crippen molar-refractivity contribution in [3.05, 3.63) is 29.8 Å². The second-order valence-corrected chi connectivity index (χ2v) is 6.65. The van der Waals surface area contributed by atoms with Crippen LogP contribution in [0, 0.1) is 0 Å². The van der Waals surface area contributed by atoms with Crippen molar-refractivity contribution in [2.45, 2.75) is 57.9 Å². The fraction of sp³-hybridized carbons (Fsp3) is 0.700. The van der Waals surface area contributed by atoms with Crippen molar-refractivity contribution in [3.8, 4) is 5.75 Å². The number of ether oxygens (including phenoxy) is 1. The van der Waals surface area contributed by atoms with Crippen molar-refractivity contribution in [2.24, 2.45) is 0 Å². The SMILES string of the molecule is CCCCCCCNCC(c1ccc(OC)cc1)N1CCCC1. The van der Waals surface area contributed by atoms with Gasteiger partial charge in [0.2, 0.25) is 0 Å². The van der Waals surface area contributed by atoms with Crippen LogP contribution in [-0.2, 0) is 0 Å². The van der Waals surface area contributed by atoms with E-state index in [0.717, 1.165) is 18.8 Å². The van der Waals surface area contributed by atoms with Crippen LogP contribution in [0.3, 0.4) is 0 Å². The first kappa shape index (κ1) is 18.3. The number of unbranched alkanes of at least 4 members (excludes halogenated alkanes) is 4. The molecule has 1 aliphatic heterocycles. The molecule has 0 bridgehead atoms. The molecule has 1 aromatic carbocycles. The summed E-state index contributed by atoms with van der Waals surface area (Å²) in [7, 11) is 1.73. The quantitative estimate of drug-likeness (QED) is 0.612. The second kappa shape index (κ2) is 10.7. The molecule has 2 rings (SSSR count). The summed E-state index contributed by atoms with van der Waals surface area (Å²) >= 11 is 0. The molecule has 0 aliphatic carbocycles. The minimum absolute atomic E-state index is 0.499. The predicted molar refractivity (Wildman–Crippen MR) is 98.2 cm³/mol. The van der Waals surface area contributed by atoms with Gasteiger partial charge in [0.1, 0.15) is 5.75 Å². The minimum Gasteiger partial charge on any atom is -0.497 e. The first-order valence-electron chi connectivity index (χ1n) is 9.44. The zero-order valence-electron chi connectivity index (χ0n) is 15.0. The van der Waals surface area contributed by atoms with E-state index in [-0.39, 0.29) is 0 Å². The highest BCUT2D eigenvalue weighted by Crippen LogP contribution is 2.26. The standard InChI is InChI=1S/C20H34N2O/c1-3-4-5-6-7-14-21-17-20(22-15-8-9-16-22)18-10-12-19(23-2)13-11-18/h10-13,20-21H,3-9,14-17H2,1-2H3. The number of likely N-dealkylation sites (tertiary alicyclic amines) is 1. The predicted octanol–water partition coefficient (Wildman–Crippen LogP) is 4.39. The van der Waals surface area contributed by atoms with Crippen molar-refractivity contribution in [2.75, 3.05) is 33.3 Å². The van der Waals surface area contributed by atoms with E-state index in [1.807, 2.05) is 0 Å². The molecule has 0 aromatic heterocycles. The minimum atomic E-state index is 0.499. The van der Waals surface area contributed by atoms with Gasteiger partial charge in [-0.05, 0) is 56.6 Å². The highest BCUT2D eigenvalue weighted by molar-refractivity contribution is 5.29. The summed E-state index contributed by atoms with van der Waals surface area (Å²) in [6.07, 6.45) is 9.41. The van der Waals surface area contributed by atoms with Gasteiger partial charge in [0, 0.05) is 12.6 Å². The summed E-state index contributed by atoms with van der Waals surface area (Å²) < 4.78 is 5.29. The molecule has 0 saturated carbocycles. The highest BCUT2D eigenvalue weighted by atomic mass is 16.5. The van der Waals surface area contributed by atoms with Gasteiger partial charge < -0.3 is 10.1 Å². The van der Waals surface area contributed by atoms with Crippen LogP contribution in [0.25, 0.3) is 0 Å². The van der Waals surface area contributed by atoms with E-state index in [2.05, 4.69) is 41.4 Å². The summed E-state index contributed by atoms with van der Waals surface area (Å²) in [5.41, 5.74) is 1.41. The molecule has 0 radical (unpaired) electrons. The Hall–Kier alpha value is -1.06. The number of benzene rings is 1. The summed E-state index contributed by atoms with van der Waals surface area (Å²) in [6, 6.07) is 9.13. The Bertz CT molecular complexity index is 412. The maximum absolute atomic E-state index is 5.29. The molecule has 1 saturated heterocycles. The van der Waals surface area contributed by atoms with Crippen LogP contribution < -0.4 is 10.1 Å². The van der Waals surface area contributed by atoms with E-state index in [1.165, 1.54) is 63.6 Å². The van der Waals surface area contributed by atoms with E-state index in [1.54, 1.807) is 7.11 Å². The summed E-state index contributed by atoms with van der Waals surface area (Å²) in [5.74, 6) is 0.942. The van der Waals surface area contributed by atoms with Gasteiger partial charge in [-0.25, -0.2) is 0 Å². The molecule has 1 aromatic rings. The summed E-state index contributed by atoms with van der Waals surface area (Å²) in [5, 5.41) is 3.69. The van der Waals surface area contributed by atoms with Gasteiger partial charge in [-0.2, -0.15) is 0 Å². The van der Waals surface area contributed by atoms with Crippen molar-refractivity contribution >= 4 is 0 Å². The van der Waals surface area contributed by atoms with Crippen LogP contribution in [0.4, 0.5) is 0 Å². The molecule has 3 nitrogen and oxygen atoms in total. The van der Waals surface area contributed by atoms with Crippen molar-refractivity contribution in [1.82, 2.24) is 10.2 Å². The lowest BCUT2D eigenvalue weighted by atomic mass is 10.0. The van der Waals surface area contributed by atoms with E-state index in [0.29, 0.717) is 6.04 Å². The molecule has 1 fully saturated rings. The third-order valence-corrected chi connectivity index (χ3v) is 4.88. The third-order valence-electron chi connectivity index (χ3n) is 4.88. The zero-order valence-corrected chi connectivity index (χ0v) is 15.0. The van der Waals surface area contributed by atoms with Crippen LogP contribution in [0.2, 0.25) is 0 Å². The molecule has 3 heteroatoms. The van der Waals surface area contributed by atoms with Gasteiger partial charge in [0.05, 0.1) is 7.11 Å². The third kappa shape index (κ3) is 6.15. The first-order chi connectivity index (χ1) is 11.3. The molecule has 0 spiro atoms. The number of hydrogen-bond donors (Lipinski definition) is 1. The van der Waals surface area contributed by atoms with Gasteiger partial charge in [-0.15, -0.1) is 0 Å². The van der Waals surface area contributed by atoms with Gasteiger partial charge in [-0.1, -0.05) is 44.7 Å². The molecule has 1 heterocycles. The van der Waals surface area contributed by atoms with Crippen LogP contribution in [-0.4, -0.2) is 38.2 Å². The average molecular weight is 319 g/mol. The molecule has 1 atom stereocenters. The van der Waals surface area contributed by atoms with Crippen molar-refractivity contribution in [1.29, 1.82) is 0 Å². The Morgan fingerprint density at radius 2 is 1.74 bits per heavy atom. The Morgan fingerprint density at radius 1 is 1.04 bits per heavy atom. The normalized spacial score (nSPS) is 16.6. The smallest absolute Gasteiger partial charge is 0.118 e. The Morgan fingerprint density at radius 3 is 2.39 bits per heavy atom. The topological polar surface area (TPSA) is 24.5 Å². The van der Waals surface area contributed by atoms with Crippen LogP contribution in [0.1, 0.15) is 63.5 Å². The van der Waals surface area contributed by atoms with Gasteiger partial charge in [0.15, 0.2) is 0 Å².